The molecule has 0 spiro atoms. The van der Waals surface area contributed by atoms with Gasteiger partial charge in [-0.3, -0.25) is 14.4 Å². The van der Waals surface area contributed by atoms with Crippen LogP contribution in [0.25, 0.3) is 0 Å². The molecule has 0 amide bonds. The summed E-state index contributed by atoms with van der Waals surface area (Å²) in [5.74, 6) is -1.96. The molecule has 0 unspecified atom stereocenters. The fraction of sp³-hybridized carbons (Fsp3) is 0.250. The van der Waals surface area contributed by atoms with E-state index in [2.05, 4.69) is 9.47 Å². The number of ether oxygens (including phenoxy) is 2. The van der Waals surface area contributed by atoms with Crippen molar-refractivity contribution in [1.29, 1.82) is 0 Å². The first-order valence-corrected chi connectivity index (χ1v) is 4.94. The third-order valence-electron chi connectivity index (χ3n) is 1.82. The lowest BCUT2D eigenvalue weighted by atomic mass is 10.1. The number of carbonyl (C=O) groups is 3. The summed E-state index contributed by atoms with van der Waals surface area (Å²) >= 11 is 0. The number of hydrogen-bond donors (Lipinski definition) is 0. The fourth-order valence-corrected chi connectivity index (χ4v) is 1.17. The molecule has 5 heteroatoms. The van der Waals surface area contributed by atoms with Gasteiger partial charge in [0.05, 0.1) is 0 Å². The van der Waals surface area contributed by atoms with E-state index in [0.29, 0.717) is 5.56 Å². The molecule has 0 aliphatic heterocycles. The molecular formula is C12H12O5. The van der Waals surface area contributed by atoms with Crippen LogP contribution in [0.15, 0.2) is 30.3 Å². The van der Waals surface area contributed by atoms with E-state index in [1.165, 1.54) is 0 Å². The van der Waals surface area contributed by atoms with Crippen molar-refractivity contribution in [2.45, 2.75) is 20.1 Å². The molecule has 0 aromatic heterocycles. The number of hydrogen-bond acceptors (Lipinski definition) is 5. The van der Waals surface area contributed by atoms with Crippen molar-refractivity contribution in [2.75, 3.05) is 0 Å². The average molecular weight is 236 g/mol. The second-order valence-corrected chi connectivity index (χ2v) is 3.28. The van der Waals surface area contributed by atoms with Gasteiger partial charge in [0.25, 0.3) is 0 Å². The van der Waals surface area contributed by atoms with Crippen LogP contribution in [-0.2, 0) is 19.1 Å². The molecule has 17 heavy (non-hydrogen) atoms. The highest BCUT2D eigenvalue weighted by Gasteiger charge is 2.25. The van der Waals surface area contributed by atoms with Gasteiger partial charge in [0.1, 0.15) is 0 Å². The highest BCUT2D eigenvalue weighted by molar-refractivity contribution is 6.00. The standard InChI is InChI=1S/C12H12O5/c1-8(13)16-12(17-9(2)14)11(15)10-6-4-3-5-7-10/h3-7,12H,1-2H3. The van der Waals surface area contributed by atoms with Crippen molar-refractivity contribution in [3.05, 3.63) is 35.9 Å². The zero-order chi connectivity index (χ0) is 12.8. The Morgan fingerprint density at radius 2 is 1.41 bits per heavy atom. The van der Waals surface area contributed by atoms with Gasteiger partial charge in [-0.25, -0.2) is 0 Å². The molecule has 0 N–H and O–H groups in total. The van der Waals surface area contributed by atoms with Crippen LogP contribution in [0.5, 0.6) is 0 Å². The Morgan fingerprint density at radius 1 is 0.941 bits per heavy atom. The maximum Gasteiger partial charge on any atom is 0.310 e. The molecule has 0 aliphatic carbocycles. The smallest absolute Gasteiger partial charge is 0.310 e. The quantitative estimate of drug-likeness (QED) is 0.448. The van der Waals surface area contributed by atoms with Crippen LogP contribution < -0.4 is 0 Å². The number of ketones is 1. The molecule has 1 aromatic rings. The van der Waals surface area contributed by atoms with Gasteiger partial charge in [0.15, 0.2) is 0 Å². The number of carbonyl (C=O) groups excluding carboxylic acids is 3. The van der Waals surface area contributed by atoms with Crippen LogP contribution in [0.2, 0.25) is 0 Å². The molecule has 90 valence electrons. The van der Waals surface area contributed by atoms with E-state index in [1.54, 1.807) is 30.3 Å². The topological polar surface area (TPSA) is 69.7 Å². The maximum absolute atomic E-state index is 11.9. The molecule has 0 fully saturated rings. The molecule has 5 nitrogen and oxygen atoms in total. The summed E-state index contributed by atoms with van der Waals surface area (Å²) in [6, 6.07) is 8.14. The third-order valence-corrected chi connectivity index (χ3v) is 1.82. The summed E-state index contributed by atoms with van der Waals surface area (Å²) < 4.78 is 9.29. The van der Waals surface area contributed by atoms with E-state index in [9.17, 15) is 14.4 Å². The van der Waals surface area contributed by atoms with Crippen molar-refractivity contribution in [1.82, 2.24) is 0 Å². The Bertz CT molecular complexity index is 408. The van der Waals surface area contributed by atoms with E-state index in [0.717, 1.165) is 13.8 Å². The molecular weight excluding hydrogens is 224 g/mol. The maximum atomic E-state index is 11.9. The van der Waals surface area contributed by atoms with Gasteiger partial charge in [0.2, 0.25) is 5.78 Å². The Morgan fingerprint density at radius 3 is 1.82 bits per heavy atom. The van der Waals surface area contributed by atoms with Gasteiger partial charge in [-0.05, 0) is 0 Å². The molecule has 0 saturated heterocycles. The van der Waals surface area contributed by atoms with Crippen LogP contribution in [-0.4, -0.2) is 24.0 Å². The zero-order valence-corrected chi connectivity index (χ0v) is 9.51. The minimum atomic E-state index is -1.52. The predicted octanol–water partition coefficient (Wildman–Crippen LogP) is 1.32. The van der Waals surface area contributed by atoms with Gasteiger partial charge in [-0.1, -0.05) is 30.3 Å². The van der Waals surface area contributed by atoms with Crippen LogP contribution in [0, 0.1) is 0 Å². The normalized spacial score (nSPS) is 9.82. The van der Waals surface area contributed by atoms with E-state index in [1.807, 2.05) is 0 Å². The molecule has 0 atom stereocenters. The molecule has 1 aromatic carbocycles. The van der Waals surface area contributed by atoms with Crippen molar-refractivity contribution in [3.63, 3.8) is 0 Å². The van der Waals surface area contributed by atoms with Gasteiger partial charge in [-0.15, -0.1) is 0 Å². The number of esters is 2. The first-order chi connectivity index (χ1) is 8.00. The zero-order valence-electron chi connectivity index (χ0n) is 9.51. The van der Waals surface area contributed by atoms with E-state index in [4.69, 9.17) is 0 Å². The van der Waals surface area contributed by atoms with E-state index < -0.39 is 24.0 Å². The Kier molecular flexibility index (Phi) is 4.39. The van der Waals surface area contributed by atoms with Crippen LogP contribution in [0.3, 0.4) is 0 Å². The van der Waals surface area contributed by atoms with Crippen molar-refractivity contribution >= 4 is 17.7 Å². The highest BCUT2D eigenvalue weighted by Crippen LogP contribution is 2.08. The largest absolute Gasteiger partial charge is 0.417 e. The Labute approximate surface area is 98.3 Å². The molecule has 1 rings (SSSR count). The second-order valence-electron chi connectivity index (χ2n) is 3.28. The Hall–Kier alpha value is -2.17. The summed E-state index contributed by atoms with van der Waals surface area (Å²) in [7, 11) is 0. The second kappa shape index (κ2) is 5.79. The number of rotatable bonds is 4. The summed E-state index contributed by atoms with van der Waals surface area (Å²) in [5.41, 5.74) is 0.306. The minimum Gasteiger partial charge on any atom is -0.417 e. The number of Topliss-reactive ketones (excluding diaryl/α,β-unsaturated/α-hetero) is 1. The average Bonchev–Trinajstić information content (AvgIpc) is 2.27. The first kappa shape index (κ1) is 12.9. The monoisotopic (exact) mass is 236 g/mol. The fourth-order valence-electron chi connectivity index (χ4n) is 1.17. The van der Waals surface area contributed by atoms with Crippen LogP contribution in [0.1, 0.15) is 24.2 Å². The Balaban J connectivity index is 2.86. The summed E-state index contributed by atoms with van der Waals surface area (Å²) in [4.78, 5) is 33.5. The lowest BCUT2D eigenvalue weighted by Gasteiger charge is -2.15. The molecule has 0 saturated carbocycles. The molecule has 0 heterocycles. The lowest BCUT2D eigenvalue weighted by Crippen LogP contribution is -2.31. The van der Waals surface area contributed by atoms with Gasteiger partial charge in [0, 0.05) is 19.4 Å². The lowest BCUT2D eigenvalue weighted by molar-refractivity contribution is -0.176. The van der Waals surface area contributed by atoms with Crippen LogP contribution >= 0.6 is 0 Å². The number of benzene rings is 1. The van der Waals surface area contributed by atoms with Crippen molar-refractivity contribution in [2.24, 2.45) is 0 Å². The van der Waals surface area contributed by atoms with E-state index >= 15 is 0 Å². The SMILES string of the molecule is CC(=O)OC(OC(C)=O)C(=O)c1ccccc1. The summed E-state index contributed by atoms with van der Waals surface area (Å²) in [6.07, 6.45) is -1.52. The first-order valence-electron chi connectivity index (χ1n) is 4.94. The van der Waals surface area contributed by atoms with Gasteiger partial charge >= 0.3 is 18.2 Å². The van der Waals surface area contributed by atoms with Crippen molar-refractivity contribution in [3.8, 4) is 0 Å². The summed E-state index contributed by atoms with van der Waals surface area (Å²) in [6.45, 7) is 2.27. The predicted molar refractivity (Wildman–Crippen MR) is 58.1 cm³/mol. The minimum absolute atomic E-state index is 0.306. The van der Waals surface area contributed by atoms with E-state index in [-0.39, 0.29) is 0 Å². The van der Waals surface area contributed by atoms with Gasteiger partial charge < -0.3 is 9.47 Å². The van der Waals surface area contributed by atoms with Crippen LogP contribution in [0.4, 0.5) is 0 Å². The molecule has 0 aliphatic rings. The molecule has 0 bridgehead atoms. The van der Waals surface area contributed by atoms with Crippen molar-refractivity contribution < 1.29 is 23.9 Å². The molecule has 0 radical (unpaired) electrons. The highest BCUT2D eigenvalue weighted by atomic mass is 16.7. The van der Waals surface area contributed by atoms with Gasteiger partial charge in [-0.2, -0.15) is 0 Å². The third kappa shape index (κ3) is 4.06. The summed E-state index contributed by atoms with van der Waals surface area (Å²) in [5, 5.41) is 0.